The first kappa shape index (κ1) is 27.2. The highest BCUT2D eigenvalue weighted by Crippen LogP contribution is 2.33. The van der Waals surface area contributed by atoms with Crippen LogP contribution in [0, 0.1) is 23.7 Å². The van der Waals surface area contributed by atoms with Gasteiger partial charge in [-0.25, -0.2) is 0 Å². The number of hydrogen-bond donors (Lipinski definition) is 0. The molecule has 0 saturated carbocycles. The molecule has 1 rings (SSSR count). The maximum Gasteiger partial charge on any atom is 0.305 e. The van der Waals surface area contributed by atoms with E-state index in [0.717, 1.165) is 31.4 Å². The summed E-state index contributed by atoms with van der Waals surface area (Å²) in [4.78, 5) is 34.6. The topological polar surface area (TPSA) is 78.9 Å². The van der Waals surface area contributed by atoms with Crippen LogP contribution in [0.5, 0.6) is 0 Å². The monoisotopic (exact) mass is 438 g/mol. The van der Waals surface area contributed by atoms with Gasteiger partial charge in [-0.1, -0.05) is 27.7 Å². The van der Waals surface area contributed by atoms with Crippen molar-refractivity contribution >= 4 is 17.7 Å². The third kappa shape index (κ3) is 9.88. The minimum Gasteiger partial charge on any atom is -0.495 e. The van der Waals surface area contributed by atoms with Crippen LogP contribution in [0.2, 0.25) is 0 Å². The lowest BCUT2D eigenvalue weighted by atomic mass is 9.85. The van der Waals surface area contributed by atoms with E-state index in [1.54, 1.807) is 6.92 Å². The Morgan fingerprint density at radius 3 is 2.35 bits per heavy atom. The van der Waals surface area contributed by atoms with Crippen molar-refractivity contribution in [3.8, 4) is 0 Å². The zero-order valence-corrected chi connectivity index (χ0v) is 20.4. The highest BCUT2D eigenvalue weighted by atomic mass is 16.5. The second kappa shape index (κ2) is 13.5. The Morgan fingerprint density at radius 2 is 1.77 bits per heavy atom. The van der Waals surface area contributed by atoms with Crippen molar-refractivity contribution in [3.63, 3.8) is 0 Å². The number of allylic oxidation sites excluding steroid dienone is 2. The molecule has 0 radical (unpaired) electrons. The van der Waals surface area contributed by atoms with Crippen molar-refractivity contribution in [3.05, 3.63) is 11.8 Å². The Morgan fingerprint density at radius 1 is 1.10 bits per heavy atom. The summed E-state index contributed by atoms with van der Waals surface area (Å²) in [5, 5.41) is 0. The van der Waals surface area contributed by atoms with Gasteiger partial charge in [-0.15, -0.1) is 0 Å². The molecule has 0 amide bonds. The summed E-state index contributed by atoms with van der Waals surface area (Å²) < 4.78 is 16.6. The second-order valence-electron chi connectivity index (χ2n) is 9.31. The molecule has 0 aromatic carbocycles. The van der Waals surface area contributed by atoms with Gasteiger partial charge in [0, 0.05) is 25.7 Å². The average Bonchev–Trinajstić information content (AvgIpc) is 2.72. The highest BCUT2D eigenvalue weighted by Gasteiger charge is 2.30. The van der Waals surface area contributed by atoms with E-state index in [-0.39, 0.29) is 47.7 Å². The number of esters is 2. The summed E-state index contributed by atoms with van der Waals surface area (Å²) in [5.74, 6) is 1.48. The molecule has 0 saturated heterocycles. The van der Waals surface area contributed by atoms with Crippen LogP contribution in [-0.4, -0.2) is 37.0 Å². The Labute approximate surface area is 188 Å². The molecule has 0 spiro atoms. The van der Waals surface area contributed by atoms with Crippen molar-refractivity contribution in [1.29, 1.82) is 0 Å². The van der Waals surface area contributed by atoms with Gasteiger partial charge in [0.2, 0.25) is 0 Å². The molecule has 1 heterocycles. The minimum atomic E-state index is -0.284. The largest absolute Gasteiger partial charge is 0.495 e. The fourth-order valence-corrected chi connectivity index (χ4v) is 4.09. The summed E-state index contributed by atoms with van der Waals surface area (Å²) >= 11 is 0. The number of carbonyl (C=O) groups excluding carboxylic acids is 3. The fraction of sp³-hybridized carbons (Fsp3) is 0.800. The summed E-state index contributed by atoms with van der Waals surface area (Å²) in [7, 11) is 1.42. The number of ether oxygens (including phenoxy) is 3. The standard InChI is InChI=1S/C25H42O6/c1-16(20(5)26)10-14-23(30-21(6)27)17(2)8-12-22-13-9-18(3)25(31-22)19(4)11-15-24(28)29-7/h13,16-19,23,25H,8-12,14-15H2,1-7H3/t16-,17+,18-,19+,23-,25+/m0/s1. The molecule has 31 heavy (non-hydrogen) atoms. The summed E-state index contributed by atoms with van der Waals surface area (Å²) in [6.45, 7) is 11.4. The van der Waals surface area contributed by atoms with Gasteiger partial charge in [-0.2, -0.15) is 0 Å². The maximum atomic E-state index is 11.6. The van der Waals surface area contributed by atoms with Gasteiger partial charge < -0.3 is 14.2 Å². The zero-order chi connectivity index (χ0) is 23.6. The number of ketones is 1. The van der Waals surface area contributed by atoms with E-state index in [1.807, 2.05) is 6.92 Å². The molecule has 6 atom stereocenters. The molecule has 0 fully saturated rings. The van der Waals surface area contributed by atoms with Gasteiger partial charge in [-0.05, 0) is 62.9 Å². The lowest BCUT2D eigenvalue weighted by Crippen LogP contribution is -2.32. The van der Waals surface area contributed by atoms with E-state index < -0.39 is 0 Å². The lowest BCUT2D eigenvalue weighted by Gasteiger charge is -2.35. The summed E-state index contributed by atoms with van der Waals surface area (Å²) in [6, 6.07) is 0. The zero-order valence-electron chi connectivity index (χ0n) is 20.4. The maximum absolute atomic E-state index is 11.6. The van der Waals surface area contributed by atoms with Gasteiger partial charge in [-0.3, -0.25) is 14.4 Å². The van der Waals surface area contributed by atoms with Gasteiger partial charge in [0.05, 0.1) is 12.9 Å². The van der Waals surface area contributed by atoms with E-state index >= 15 is 0 Å². The predicted molar refractivity (Wildman–Crippen MR) is 120 cm³/mol. The van der Waals surface area contributed by atoms with Crippen LogP contribution < -0.4 is 0 Å². The number of carbonyl (C=O) groups is 3. The smallest absolute Gasteiger partial charge is 0.305 e. The van der Waals surface area contributed by atoms with E-state index in [1.165, 1.54) is 14.0 Å². The molecule has 6 nitrogen and oxygen atoms in total. The Hall–Kier alpha value is -1.85. The number of rotatable bonds is 13. The first-order valence-electron chi connectivity index (χ1n) is 11.6. The Kier molecular flexibility index (Phi) is 11.9. The van der Waals surface area contributed by atoms with Crippen molar-refractivity contribution in [1.82, 2.24) is 0 Å². The molecule has 0 N–H and O–H groups in total. The van der Waals surface area contributed by atoms with Crippen molar-refractivity contribution in [2.24, 2.45) is 23.7 Å². The van der Waals surface area contributed by atoms with E-state index in [2.05, 4.69) is 26.8 Å². The molecule has 1 aliphatic heterocycles. The molecule has 6 heteroatoms. The van der Waals surface area contributed by atoms with Gasteiger partial charge in [0.25, 0.3) is 0 Å². The lowest BCUT2D eigenvalue weighted by molar-refractivity contribution is -0.149. The van der Waals surface area contributed by atoms with Crippen LogP contribution in [0.15, 0.2) is 11.8 Å². The van der Waals surface area contributed by atoms with Crippen molar-refractivity contribution in [2.45, 2.75) is 98.7 Å². The number of Topliss-reactive ketones (excluding diaryl/α,β-unsaturated/α-hetero) is 1. The third-order valence-electron chi connectivity index (χ3n) is 6.53. The van der Waals surface area contributed by atoms with Crippen LogP contribution >= 0.6 is 0 Å². The summed E-state index contributed by atoms with van der Waals surface area (Å²) in [5.41, 5.74) is 0. The van der Waals surface area contributed by atoms with E-state index in [0.29, 0.717) is 25.2 Å². The van der Waals surface area contributed by atoms with Crippen molar-refractivity contribution in [2.75, 3.05) is 7.11 Å². The van der Waals surface area contributed by atoms with Crippen LogP contribution in [-0.2, 0) is 28.6 Å². The first-order chi connectivity index (χ1) is 14.5. The molecule has 1 aliphatic rings. The van der Waals surface area contributed by atoms with Crippen LogP contribution in [0.3, 0.4) is 0 Å². The normalized spacial score (nSPS) is 22.4. The quantitative estimate of drug-likeness (QED) is 0.366. The molecular formula is C25H42O6. The highest BCUT2D eigenvalue weighted by molar-refractivity contribution is 5.77. The SMILES string of the molecule is COC(=O)CC[C@@H](C)[C@@H]1OC(CC[C@@H](C)[C@H](CC[C@H](C)C(C)=O)OC(C)=O)=CC[C@@H]1C. The molecular weight excluding hydrogens is 396 g/mol. The Balaban J connectivity index is 2.61. The van der Waals surface area contributed by atoms with Crippen LogP contribution in [0.1, 0.15) is 86.5 Å². The fourth-order valence-electron chi connectivity index (χ4n) is 4.09. The van der Waals surface area contributed by atoms with Crippen LogP contribution in [0.4, 0.5) is 0 Å². The van der Waals surface area contributed by atoms with E-state index in [4.69, 9.17) is 14.2 Å². The molecule has 0 bridgehead atoms. The summed E-state index contributed by atoms with van der Waals surface area (Å²) in [6.07, 6.45) is 7.19. The van der Waals surface area contributed by atoms with Gasteiger partial charge in [0.15, 0.2) is 0 Å². The van der Waals surface area contributed by atoms with E-state index in [9.17, 15) is 14.4 Å². The van der Waals surface area contributed by atoms with Crippen molar-refractivity contribution < 1.29 is 28.6 Å². The minimum absolute atomic E-state index is 0.0247. The van der Waals surface area contributed by atoms with Gasteiger partial charge in [0.1, 0.15) is 18.0 Å². The molecule has 0 aromatic rings. The predicted octanol–water partition coefficient (Wildman–Crippen LogP) is 5.24. The number of hydrogen-bond acceptors (Lipinski definition) is 6. The Bertz CT molecular complexity index is 626. The van der Waals surface area contributed by atoms with Crippen LogP contribution in [0.25, 0.3) is 0 Å². The molecule has 0 aromatic heterocycles. The second-order valence-corrected chi connectivity index (χ2v) is 9.31. The first-order valence-corrected chi connectivity index (χ1v) is 11.6. The molecule has 0 aliphatic carbocycles. The molecule has 0 unspecified atom stereocenters. The van der Waals surface area contributed by atoms with Gasteiger partial charge >= 0.3 is 11.9 Å². The number of methoxy groups -OCH3 is 1. The third-order valence-corrected chi connectivity index (χ3v) is 6.53. The molecule has 178 valence electrons. The average molecular weight is 439 g/mol.